The number of ether oxygens (including phenoxy) is 2. The van der Waals surface area contributed by atoms with Gasteiger partial charge < -0.3 is 9.47 Å². The van der Waals surface area contributed by atoms with Gasteiger partial charge in [0.1, 0.15) is 0 Å². The van der Waals surface area contributed by atoms with Crippen LogP contribution in [-0.4, -0.2) is 24.4 Å². The minimum Gasteiger partial charge on any atom is -0.493 e. The van der Waals surface area contributed by atoms with E-state index in [1.165, 1.54) is 30.9 Å². The molecule has 0 aliphatic carbocycles. The number of rotatable bonds is 8. The van der Waals surface area contributed by atoms with Gasteiger partial charge in [0.05, 0.1) is 18.1 Å². The van der Waals surface area contributed by atoms with Gasteiger partial charge in [-0.05, 0) is 24.0 Å². The second-order valence-corrected chi connectivity index (χ2v) is 5.74. The normalized spacial score (nSPS) is 11.6. The van der Waals surface area contributed by atoms with Crippen LogP contribution in [0.5, 0.6) is 11.5 Å². The van der Waals surface area contributed by atoms with Gasteiger partial charge in [0.2, 0.25) is 0 Å². The first kappa shape index (κ1) is 18.4. The number of nitro benzene ring substituents is 1. The molecule has 25 heavy (non-hydrogen) atoms. The fraction of sp³-hybridized carbons (Fsp3) is 0.316. The van der Waals surface area contributed by atoms with Crippen molar-refractivity contribution in [1.82, 2.24) is 0 Å². The van der Waals surface area contributed by atoms with Crippen molar-refractivity contribution < 1.29 is 19.2 Å². The summed E-state index contributed by atoms with van der Waals surface area (Å²) in [5.41, 5.74) is 1.60. The molecule has 1 atom stereocenters. The predicted molar refractivity (Wildman–Crippen MR) is 94.6 cm³/mol. The largest absolute Gasteiger partial charge is 0.493 e. The van der Waals surface area contributed by atoms with Crippen molar-refractivity contribution in [3.05, 3.63) is 63.7 Å². The van der Waals surface area contributed by atoms with E-state index in [1.807, 2.05) is 12.1 Å². The van der Waals surface area contributed by atoms with Crippen molar-refractivity contribution in [3.63, 3.8) is 0 Å². The number of nitrogens with zero attached hydrogens (tertiary/aromatic N) is 1. The molecule has 0 aliphatic rings. The maximum absolute atomic E-state index is 12.3. The molecule has 0 heterocycles. The van der Waals surface area contributed by atoms with Gasteiger partial charge in [-0.15, -0.1) is 0 Å². The fourth-order valence-electron chi connectivity index (χ4n) is 2.35. The van der Waals surface area contributed by atoms with Crippen LogP contribution < -0.4 is 9.47 Å². The van der Waals surface area contributed by atoms with E-state index in [9.17, 15) is 14.9 Å². The average molecular weight is 343 g/mol. The third-order valence-corrected chi connectivity index (χ3v) is 4.13. The van der Waals surface area contributed by atoms with Crippen LogP contribution in [0, 0.1) is 10.1 Å². The highest BCUT2D eigenvalue weighted by atomic mass is 16.6. The van der Waals surface area contributed by atoms with Crippen LogP contribution in [0.25, 0.3) is 0 Å². The maximum atomic E-state index is 12.3. The molecule has 6 heteroatoms. The number of carbonyl (C=O) groups excluding carboxylic acids is 1. The zero-order valence-corrected chi connectivity index (χ0v) is 14.5. The van der Waals surface area contributed by atoms with E-state index >= 15 is 0 Å². The van der Waals surface area contributed by atoms with E-state index in [0.717, 1.165) is 6.42 Å². The Morgan fingerprint density at radius 3 is 2.40 bits per heavy atom. The van der Waals surface area contributed by atoms with E-state index in [1.54, 1.807) is 12.1 Å². The first-order valence-corrected chi connectivity index (χ1v) is 8.04. The topological polar surface area (TPSA) is 78.7 Å². The molecule has 0 saturated carbocycles. The summed E-state index contributed by atoms with van der Waals surface area (Å²) in [6.45, 7) is 4.03. The molecule has 0 bridgehead atoms. The fourth-order valence-corrected chi connectivity index (χ4v) is 2.35. The summed E-state index contributed by atoms with van der Waals surface area (Å²) in [6, 6.07) is 11.4. The van der Waals surface area contributed by atoms with Gasteiger partial charge in [0, 0.05) is 11.6 Å². The molecule has 0 fully saturated rings. The number of methoxy groups -OCH3 is 1. The molecule has 2 rings (SSSR count). The molecule has 0 saturated heterocycles. The molecule has 6 nitrogen and oxygen atoms in total. The van der Waals surface area contributed by atoms with Crippen LogP contribution >= 0.6 is 0 Å². The number of Topliss-reactive ketones (excluding diaryl/α,β-unsaturated/α-hetero) is 1. The third-order valence-electron chi connectivity index (χ3n) is 4.13. The Kier molecular flexibility index (Phi) is 6.11. The highest BCUT2D eigenvalue weighted by molar-refractivity contribution is 5.97. The predicted octanol–water partition coefficient (Wildman–Crippen LogP) is 4.38. The number of ketones is 1. The Bertz CT molecular complexity index is 755. The van der Waals surface area contributed by atoms with Crippen molar-refractivity contribution in [1.29, 1.82) is 0 Å². The van der Waals surface area contributed by atoms with Crippen LogP contribution in [0.2, 0.25) is 0 Å². The van der Waals surface area contributed by atoms with Crippen LogP contribution in [0.4, 0.5) is 5.69 Å². The molecule has 0 amide bonds. The quantitative estimate of drug-likeness (QED) is 0.404. The lowest BCUT2D eigenvalue weighted by molar-refractivity contribution is -0.385. The smallest absolute Gasteiger partial charge is 0.273 e. The molecule has 2 aromatic carbocycles. The first-order valence-electron chi connectivity index (χ1n) is 8.04. The minimum absolute atomic E-state index is 0.124. The highest BCUT2D eigenvalue weighted by Gasteiger charge is 2.15. The van der Waals surface area contributed by atoms with E-state index in [-0.39, 0.29) is 23.8 Å². The summed E-state index contributed by atoms with van der Waals surface area (Å²) in [4.78, 5) is 22.6. The Hall–Kier alpha value is -2.89. The Balaban J connectivity index is 2.09. The second-order valence-electron chi connectivity index (χ2n) is 5.74. The Morgan fingerprint density at radius 2 is 1.84 bits per heavy atom. The summed E-state index contributed by atoms with van der Waals surface area (Å²) in [6.07, 6.45) is 1.03. The van der Waals surface area contributed by atoms with Gasteiger partial charge in [-0.3, -0.25) is 14.9 Å². The average Bonchev–Trinajstić information content (AvgIpc) is 2.65. The van der Waals surface area contributed by atoms with Gasteiger partial charge in [0.25, 0.3) is 5.69 Å². The molecular formula is C19H21NO5. The lowest BCUT2D eigenvalue weighted by Gasteiger charge is -2.11. The van der Waals surface area contributed by atoms with Gasteiger partial charge in [-0.1, -0.05) is 38.1 Å². The van der Waals surface area contributed by atoms with E-state index in [4.69, 9.17) is 9.47 Å². The molecule has 0 radical (unpaired) electrons. The summed E-state index contributed by atoms with van der Waals surface area (Å²) in [7, 11) is 1.43. The zero-order chi connectivity index (χ0) is 18.4. The monoisotopic (exact) mass is 343 g/mol. The van der Waals surface area contributed by atoms with E-state index in [2.05, 4.69) is 13.8 Å². The number of non-ortho nitro benzene ring substituents is 1. The summed E-state index contributed by atoms with van der Waals surface area (Å²) >= 11 is 0. The summed E-state index contributed by atoms with van der Waals surface area (Å²) in [5.74, 6) is 0.741. The summed E-state index contributed by atoms with van der Waals surface area (Å²) < 4.78 is 10.6. The number of hydrogen-bond acceptors (Lipinski definition) is 5. The highest BCUT2D eigenvalue weighted by Crippen LogP contribution is 2.31. The van der Waals surface area contributed by atoms with Crippen LogP contribution in [0.3, 0.4) is 0 Å². The van der Waals surface area contributed by atoms with Crippen LogP contribution in [0.15, 0.2) is 42.5 Å². The third kappa shape index (κ3) is 4.56. The first-order chi connectivity index (χ1) is 12.0. The molecule has 0 N–H and O–H groups in total. The molecule has 0 aliphatic heterocycles. The molecule has 0 spiro atoms. The molecule has 132 valence electrons. The molecule has 0 aromatic heterocycles. The number of benzene rings is 2. The van der Waals surface area contributed by atoms with E-state index < -0.39 is 4.92 Å². The maximum Gasteiger partial charge on any atom is 0.273 e. The van der Waals surface area contributed by atoms with E-state index in [0.29, 0.717) is 17.2 Å². The van der Waals surface area contributed by atoms with Gasteiger partial charge >= 0.3 is 0 Å². The van der Waals surface area contributed by atoms with Crippen LogP contribution in [-0.2, 0) is 0 Å². The van der Waals surface area contributed by atoms with Crippen LogP contribution in [0.1, 0.15) is 42.1 Å². The number of carbonyl (C=O) groups is 1. The van der Waals surface area contributed by atoms with Crippen molar-refractivity contribution in [2.75, 3.05) is 13.7 Å². The molecular weight excluding hydrogens is 322 g/mol. The summed E-state index contributed by atoms with van der Waals surface area (Å²) in [5, 5.41) is 10.9. The van der Waals surface area contributed by atoms with Gasteiger partial charge in [-0.25, -0.2) is 0 Å². The minimum atomic E-state index is -0.526. The number of hydrogen-bond donors (Lipinski definition) is 0. The molecule has 0 unspecified atom stereocenters. The van der Waals surface area contributed by atoms with Crippen molar-refractivity contribution in [2.45, 2.75) is 26.2 Å². The number of nitro groups is 1. The Labute approximate surface area is 146 Å². The SMILES string of the molecule is CC[C@@H](C)c1ccc(C(=O)COc2cc([N+](=O)[O-])ccc2OC)cc1. The Morgan fingerprint density at radius 1 is 1.16 bits per heavy atom. The van der Waals surface area contributed by atoms with Gasteiger partial charge in [-0.2, -0.15) is 0 Å². The van der Waals surface area contributed by atoms with Crippen molar-refractivity contribution in [2.24, 2.45) is 0 Å². The lowest BCUT2D eigenvalue weighted by Crippen LogP contribution is -2.12. The van der Waals surface area contributed by atoms with Gasteiger partial charge in [0.15, 0.2) is 23.9 Å². The molecule has 2 aromatic rings. The zero-order valence-electron chi connectivity index (χ0n) is 14.5. The standard InChI is InChI=1S/C19H21NO5/c1-4-13(2)14-5-7-15(8-6-14)17(21)12-25-19-11-16(20(22)23)9-10-18(19)24-3/h5-11,13H,4,12H2,1-3H3/t13-/m1/s1. The van der Waals surface area contributed by atoms with Crippen molar-refractivity contribution >= 4 is 11.5 Å². The second kappa shape index (κ2) is 8.28. The lowest BCUT2D eigenvalue weighted by atomic mass is 9.97. The van der Waals surface area contributed by atoms with Crippen molar-refractivity contribution in [3.8, 4) is 11.5 Å².